The van der Waals surface area contributed by atoms with Gasteiger partial charge in [-0.3, -0.25) is 4.79 Å². The average molecular weight is 302 g/mol. The van der Waals surface area contributed by atoms with E-state index in [2.05, 4.69) is 4.74 Å². The molecule has 21 heavy (non-hydrogen) atoms. The Balaban J connectivity index is 2.19. The molecule has 0 aliphatic carbocycles. The first-order valence-electron chi connectivity index (χ1n) is 6.62. The molecule has 1 aromatic rings. The molecule has 2 rings (SSSR count). The van der Waals surface area contributed by atoms with Gasteiger partial charge in [0.2, 0.25) is 0 Å². The quantitative estimate of drug-likeness (QED) is 0.674. The van der Waals surface area contributed by atoms with Gasteiger partial charge >= 0.3 is 12.1 Å². The Labute approximate surface area is 120 Å². The third-order valence-electron chi connectivity index (χ3n) is 3.70. The number of halogens is 3. The molecule has 0 saturated carbocycles. The largest absolute Gasteiger partial charge is 0.469 e. The smallest absolute Gasteiger partial charge is 0.418 e. The van der Waals surface area contributed by atoms with E-state index >= 15 is 0 Å². The number of carbonyl (C=O) groups is 1. The second kappa shape index (κ2) is 5.83. The first-order valence-corrected chi connectivity index (χ1v) is 6.62. The molecule has 0 aromatic heterocycles. The summed E-state index contributed by atoms with van der Waals surface area (Å²) in [6, 6.07) is 3.79. The van der Waals surface area contributed by atoms with Crippen molar-refractivity contribution in [2.24, 2.45) is 5.92 Å². The number of hydrogen-bond acceptors (Lipinski definition) is 4. The zero-order chi connectivity index (χ0) is 15.6. The van der Waals surface area contributed by atoms with Gasteiger partial charge in [0.05, 0.1) is 18.6 Å². The van der Waals surface area contributed by atoms with Crippen LogP contribution in [0, 0.1) is 5.92 Å². The first kappa shape index (κ1) is 15.5. The van der Waals surface area contributed by atoms with E-state index in [0.717, 1.165) is 6.07 Å². The Kier molecular flexibility index (Phi) is 4.29. The van der Waals surface area contributed by atoms with Crippen LogP contribution in [0.15, 0.2) is 18.2 Å². The second-order valence-corrected chi connectivity index (χ2v) is 5.06. The lowest BCUT2D eigenvalue weighted by molar-refractivity contribution is -0.146. The summed E-state index contributed by atoms with van der Waals surface area (Å²) >= 11 is 0. The van der Waals surface area contributed by atoms with Crippen molar-refractivity contribution in [3.63, 3.8) is 0 Å². The molecule has 7 heteroatoms. The molecule has 0 bridgehead atoms. The Bertz CT molecular complexity index is 523. The van der Waals surface area contributed by atoms with Crippen LogP contribution in [-0.4, -0.2) is 26.2 Å². The van der Waals surface area contributed by atoms with E-state index in [1.54, 1.807) is 4.90 Å². The monoisotopic (exact) mass is 302 g/mol. The zero-order valence-corrected chi connectivity index (χ0v) is 11.6. The van der Waals surface area contributed by atoms with Gasteiger partial charge in [0.15, 0.2) is 0 Å². The number of benzene rings is 1. The van der Waals surface area contributed by atoms with Crippen molar-refractivity contribution >= 4 is 17.3 Å². The van der Waals surface area contributed by atoms with E-state index in [4.69, 9.17) is 5.73 Å². The van der Waals surface area contributed by atoms with E-state index in [-0.39, 0.29) is 23.3 Å². The van der Waals surface area contributed by atoms with Crippen molar-refractivity contribution in [2.75, 3.05) is 30.8 Å². The molecule has 4 nitrogen and oxygen atoms in total. The van der Waals surface area contributed by atoms with E-state index in [9.17, 15) is 18.0 Å². The Morgan fingerprint density at radius 2 is 1.95 bits per heavy atom. The fourth-order valence-electron chi connectivity index (χ4n) is 2.58. The van der Waals surface area contributed by atoms with Crippen LogP contribution in [-0.2, 0) is 15.7 Å². The van der Waals surface area contributed by atoms with Crippen LogP contribution >= 0.6 is 0 Å². The minimum absolute atomic E-state index is 0.0792. The van der Waals surface area contributed by atoms with Gasteiger partial charge in [-0.25, -0.2) is 0 Å². The van der Waals surface area contributed by atoms with Gasteiger partial charge in [-0.15, -0.1) is 0 Å². The van der Waals surface area contributed by atoms with E-state index in [1.165, 1.54) is 19.2 Å². The van der Waals surface area contributed by atoms with Gasteiger partial charge in [0, 0.05) is 24.5 Å². The number of ether oxygens (including phenoxy) is 1. The molecule has 1 heterocycles. The Morgan fingerprint density at radius 1 is 1.33 bits per heavy atom. The molecule has 1 saturated heterocycles. The third kappa shape index (κ3) is 3.40. The van der Waals surface area contributed by atoms with Gasteiger partial charge in [0.25, 0.3) is 0 Å². The number of nitrogens with zero attached hydrogens (tertiary/aromatic N) is 1. The number of piperidine rings is 1. The SMILES string of the molecule is COC(=O)C1CCN(c2ccc(N)cc2C(F)(F)F)CC1. The molecular formula is C14H17F3N2O2. The molecule has 1 aliphatic rings. The van der Waals surface area contributed by atoms with Gasteiger partial charge in [-0.05, 0) is 31.0 Å². The summed E-state index contributed by atoms with van der Waals surface area (Å²) in [5.74, 6) is -0.544. The highest BCUT2D eigenvalue weighted by atomic mass is 19.4. The van der Waals surface area contributed by atoms with Gasteiger partial charge in [0.1, 0.15) is 0 Å². The molecule has 116 valence electrons. The summed E-state index contributed by atoms with van der Waals surface area (Å²) in [7, 11) is 1.32. The van der Waals surface area contributed by atoms with Crippen molar-refractivity contribution in [2.45, 2.75) is 19.0 Å². The topological polar surface area (TPSA) is 55.6 Å². The number of anilines is 2. The summed E-state index contributed by atoms with van der Waals surface area (Å²) in [6.07, 6.45) is -3.49. The van der Waals surface area contributed by atoms with E-state index < -0.39 is 11.7 Å². The van der Waals surface area contributed by atoms with Gasteiger partial charge < -0.3 is 15.4 Å². The molecule has 0 atom stereocenters. The zero-order valence-electron chi connectivity index (χ0n) is 11.6. The molecule has 0 radical (unpaired) electrons. The first-order chi connectivity index (χ1) is 9.82. The number of methoxy groups -OCH3 is 1. The fraction of sp³-hybridized carbons (Fsp3) is 0.500. The maximum atomic E-state index is 13.1. The predicted molar refractivity (Wildman–Crippen MR) is 72.8 cm³/mol. The minimum Gasteiger partial charge on any atom is -0.469 e. The lowest BCUT2D eigenvalue weighted by Crippen LogP contribution is -2.37. The molecule has 0 unspecified atom stereocenters. The number of rotatable bonds is 2. The van der Waals surface area contributed by atoms with Crippen LogP contribution in [0.5, 0.6) is 0 Å². The molecule has 2 N–H and O–H groups in total. The third-order valence-corrected chi connectivity index (χ3v) is 3.70. The fourth-order valence-corrected chi connectivity index (χ4v) is 2.58. The normalized spacial score (nSPS) is 16.9. The number of esters is 1. The lowest BCUT2D eigenvalue weighted by atomic mass is 9.96. The number of nitrogens with two attached hydrogens (primary N) is 1. The van der Waals surface area contributed by atoms with Crippen LogP contribution < -0.4 is 10.6 Å². The number of hydrogen-bond donors (Lipinski definition) is 1. The number of carbonyl (C=O) groups excluding carboxylic acids is 1. The van der Waals surface area contributed by atoms with Crippen LogP contribution in [0.3, 0.4) is 0 Å². The van der Waals surface area contributed by atoms with Crippen molar-refractivity contribution in [1.29, 1.82) is 0 Å². The Hall–Kier alpha value is -1.92. The second-order valence-electron chi connectivity index (χ2n) is 5.06. The summed E-state index contributed by atoms with van der Waals surface area (Å²) < 4.78 is 43.9. The summed E-state index contributed by atoms with van der Waals surface area (Å²) in [4.78, 5) is 13.1. The summed E-state index contributed by atoms with van der Waals surface area (Å²) in [5.41, 5.74) is 4.91. The van der Waals surface area contributed by atoms with E-state index in [0.29, 0.717) is 25.9 Å². The highest BCUT2D eigenvalue weighted by molar-refractivity contribution is 5.73. The highest BCUT2D eigenvalue weighted by Crippen LogP contribution is 2.39. The molecule has 1 aromatic carbocycles. The van der Waals surface area contributed by atoms with Crippen molar-refractivity contribution < 1.29 is 22.7 Å². The highest BCUT2D eigenvalue weighted by Gasteiger charge is 2.36. The molecule has 0 amide bonds. The van der Waals surface area contributed by atoms with Gasteiger partial charge in [-0.2, -0.15) is 13.2 Å². The van der Waals surface area contributed by atoms with Crippen molar-refractivity contribution in [3.05, 3.63) is 23.8 Å². The molecule has 1 fully saturated rings. The van der Waals surface area contributed by atoms with Crippen molar-refractivity contribution in [1.82, 2.24) is 0 Å². The molecular weight excluding hydrogens is 285 g/mol. The predicted octanol–water partition coefficient (Wildman–Crippen LogP) is 2.68. The average Bonchev–Trinajstić information content (AvgIpc) is 2.45. The van der Waals surface area contributed by atoms with Crippen LogP contribution in [0.25, 0.3) is 0 Å². The maximum absolute atomic E-state index is 13.1. The number of nitrogen functional groups attached to an aromatic ring is 1. The van der Waals surface area contributed by atoms with Crippen molar-refractivity contribution in [3.8, 4) is 0 Å². The summed E-state index contributed by atoms with van der Waals surface area (Å²) in [6.45, 7) is 0.763. The summed E-state index contributed by atoms with van der Waals surface area (Å²) in [5, 5.41) is 0. The van der Waals surface area contributed by atoms with Crippen LogP contribution in [0.4, 0.5) is 24.5 Å². The molecule has 1 aliphatic heterocycles. The Morgan fingerprint density at radius 3 is 2.48 bits per heavy atom. The van der Waals surface area contributed by atoms with Crippen LogP contribution in [0.2, 0.25) is 0 Å². The maximum Gasteiger partial charge on any atom is 0.418 e. The lowest BCUT2D eigenvalue weighted by Gasteiger charge is -2.34. The van der Waals surface area contributed by atoms with E-state index in [1.807, 2.05) is 0 Å². The van der Waals surface area contributed by atoms with Gasteiger partial charge in [-0.1, -0.05) is 0 Å². The van der Waals surface area contributed by atoms with Crippen LogP contribution in [0.1, 0.15) is 18.4 Å². The molecule has 0 spiro atoms. The number of alkyl halides is 3. The minimum atomic E-state index is -4.45. The standard InChI is InChI=1S/C14H17F3N2O2/c1-21-13(20)9-4-6-19(7-5-9)12-3-2-10(18)8-11(12)14(15,16)17/h2-3,8-9H,4-7,18H2,1H3.